The van der Waals surface area contributed by atoms with E-state index in [4.69, 9.17) is 11.6 Å². The fraction of sp³-hybridized carbons (Fsp3) is 0.600. The van der Waals surface area contributed by atoms with E-state index in [1.807, 2.05) is 0 Å². The molecule has 0 aliphatic rings. The summed E-state index contributed by atoms with van der Waals surface area (Å²) in [5.41, 5.74) is -1.55. The molecule has 0 spiro atoms. The van der Waals surface area contributed by atoms with Gasteiger partial charge >= 0.3 is 5.97 Å². The largest absolute Gasteiger partial charge is 0.480 e. The van der Waals surface area contributed by atoms with E-state index in [9.17, 15) is 18.3 Å². The van der Waals surface area contributed by atoms with Gasteiger partial charge in [0.2, 0.25) is 0 Å². The number of aryl methyl sites for hydroxylation is 1. The molecule has 7 nitrogen and oxygen atoms in total. The fourth-order valence-corrected chi connectivity index (χ4v) is 3.91. The third kappa shape index (κ3) is 2.90. The molecular weight excluding hydrogens is 294 g/mol. The number of aliphatic carboxylic acids is 1. The first kappa shape index (κ1) is 15.9. The van der Waals surface area contributed by atoms with Crippen LogP contribution in [0.4, 0.5) is 0 Å². The van der Waals surface area contributed by atoms with E-state index in [2.05, 4.69) is 9.82 Å². The zero-order valence-corrected chi connectivity index (χ0v) is 12.4. The Balaban J connectivity index is 3.27. The number of nitrogens with one attached hydrogen (secondary N) is 1. The molecule has 0 saturated heterocycles. The van der Waals surface area contributed by atoms with Gasteiger partial charge in [-0.25, -0.2) is 8.42 Å². The van der Waals surface area contributed by atoms with Crippen molar-refractivity contribution >= 4 is 27.6 Å². The Hall–Kier alpha value is -1.12. The predicted octanol–water partition coefficient (Wildman–Crippen LogP) is 0.995. The minimum absolute atomic E-state index is 0.0542. The van der Waals surface area contributed by atoms with Crippen molar-refractivity contribution in [1.29, 1.82) is 0 Å². The van der Waals surface area contributed by atoms with E-state index >= 15 is 0 Å². The zero-order valence-electron chi connectivity index (χ0n) is 10.8. The van der Waals surface area contributed by atoms with Gasteiger partial charge in [-0.05, 0) is 12.8 Å². The van der Waals surface area contributed by atoms with Gasteiger partial charge in [0.05, 0.1) is 11.2 Å². The van der Waals surface area contributed by atoms with Crippen molar-refractivity contribution in [3.05, 3.63) is 11.2 Å². The van der Waals surface area contributed by atoms with Crippen molar-refractivity contribution in [2.24, 2.45) is 7.05 Å². The quantitative estimate of drug-likeness (QED) is 0.816. The number of halogens is 1. The highest BCUT2D eigenvalue weighted by atomic mass is 35.5. The molecule has 1 aromatic rings. The van der Waals surface area contributed by atoms with Gasteiger partial charge in [-0.3, -0.25) is 9.48 Å². The number of nitrogens with zero attached hydrogens (tertiary/aromatic N) is 2. The van der Waals surface area contributed by atoms with E-state index in [0.29, 0.717) is 0 Å². The average molecular weight is 310 g/mol. The van der Waals surface area contributed by atoms with Gasteiger partial charge < -0.3 is 5.11 Å². The van der Waals surface area contributed by atoms with Crippen molar-refractivity contribution < 1.29 is 18.3 Å². The molecule has 0 atom stereocenters. The third-order valence-corrected chi connectivity index (χ3v) is 5.08. The number of hydrogen-bond acceptors (Lipinski definition) is 4. The highest BCUT2D eigenvalue weighted by molar-refractivity contribution is 7.89. The number of carboxylic acids is 1. The molecule has 0 aromatic carbocycles. The lowest BCUT2D eigenvalue weighted by molar-refractivity contribution is -0.144. The second kappa shape index (κ2) is 5.48. The Morgan fingerprint density at radius 1 is 1.53 bits per heavy atom. The van der Waals surface area contributed by atoms with Gasteiger partial charge in [-0.2, -0.15) is 9.82 Å². The van der Waals surface area contributed by atoms with Gasteiger partial charge in [-0.1, -0.05) is 25.4 Å². The summed E-state index contributed by atoms with van der Waals surface area (Å²) in [6, 6.07) is 0. The summed E-state index contributed by atoms with van der Waals surface area (Å²) in [7, 11) is -2.65. The zero-order chi connectivity index (χ0) is 14.8. The molecule has 19 heavy (non-hydrogen) atoms. The van der Waals surface area contributed by atoms with Crippen LogP contribution in [-0.2, 0) is 21.9 Å². The van der Waals surface area contributed by atoms with Crippen LogP contribution in [0.15, 0.2) is 11.2 Å². The molecule has 0 amide bonds. The Morgan fingerprint density at radius 2 is 2.05 bits per heavy atom. The molecule has 0 bridgehead atoms. The molecule has 0 fully saturated rings. The van der Waals surface area contributed by atoms with Gasteiger partial charge in [-0.15, -0.1) is 0 Å². The Bertz CT molecular complexity index is 558. The molecule has 108 valence electrons. The summed E-state index contributed by atoms with van der Waals surface area (Å²) in [6.45, 7) is 3.20. The summed E-state index contributed by atoms with van der Waals surface area (Å²) in [6.07, 6.45) is 1.43. The number of hydrogen-bond donors (Lipinski definition) is 2. The summed E-state index contributed by atoms with van der Waals surface area (Å²) in [5.74, 6) is -1.22. The smallest absolute Gasteiger partial charge is 0.324 e. The van der Waals surface area contributed by atoms with Gasteiger partial charge in [0, 0.05) is 7.05 Å². The maximum absolute atomic E-state index is 12.3. The van der Waals surface area contributed by atoms with E-state index in [1.165, 1.54) is 13.2 Å². The molecule has 1 rings (SSSR count). The molecule has 1 heterocycles. The van der Waals surface area contributed by atoms with Crippen LogP contribution >= 0.6 is 11.6 Å². The lowest BCUT2D eigenvalue weighted by atomic mass is 9.95. The predicted molar refractivity (Wildman–Crippen MR) is 69.5 cm³/mol. The fourth-order valence-electron chi connectivity index (χ4n) is 1.75. The summed E-state index contributed by atoms with van der Waals surface area (Å²) in [5, 5.41) is 12.7. The molecular formula is C10H16ClN3O4S. The topological polar surface area (TPSA) is 101 Å². The number of aromatic nitrogens is 2. The van der Waals surface area contributed by atoms with Crippen LogP contribution in [-0.4, -0.2) is 34.8 Å². The van der Waals surface area contributed by atoms with E-state index < -0.39 is 21.5 Å². The van der Waals surface area contributed by atoms with Crippen molar-refractivity contribution in [3.8, 4) is 0 Å². The SMILES string of the molecule is CCC(CC)(NS(=O)(=O)c1c(Cl)cnn1C)C(=O)O. The van der Waals surface area contributed by atoms with E-state index in [0.717, 1.165) is 4.68 Å². The van der Waals surface area contributed by atoms with E-state index in [-0.39, 0.29) is 22.9 Å². The van der Waals surface area contributed by atoms with Crippen LogP contribution in [0.25, 0.3) is 0 Å². The van der Waals surface area contributed by atoms with Crippen molar-refractivity contribution in [2.45, 2.75) is 37.3 Å². The lowest BCUT2D eigenvalue weighted by Gasteiger charge is -2.27. The Labute approximate surface area is 116 Å². The number of carboxylic acid groups (broad SMARTS) is 1. The number of carbonyl (C=O) groups is 1. The number of sulfonamides is 1. The Morgan fingerprint density at radius 3 is 2.37 bits per heavy atom. The molecule has 0 saturated carbocycles. The molecule has 0 aliphatic carbocycles. The van der Waals surface area contributed by atoms with Gasteiger partial charge in [0.1, 0.15) is 5.54 Å². The minimum Gasteiger partial charge on any atom is -0.480 e. The van der Waals surface area contributed by atoms with Crippen LogP contribution in [0.1, 0.15) is 26.7 Å². The molecule has 0 radical (unpaired) electrons. The highest BCUT2D eigenvalue weighted by Crippen LogP contribution is 2.24. The third-order valence-electron chi connectivity index (χ3n) is 3.04. The van der Waals surface area contributed by atoms with Crippen LogP contribution in [0.3, 0.4) is 0 Å². The van der Waals surface area contributed by atoms with Crippen LogP contribution < -0.4 is 4.72 Å². The van der Waals surface area contributed by atoms with Gasteiger partial charge in [0.25, 0.3) is 10.0 Å². The standard InChI is InChI=1S/C10H16ClN3O4S/c1-4-10(5-2,9(15)16)13-19(17,18)8-7(11)6-12-14(8)3/h6,13H,4-5H2,1-3H3,(H,15,16). The summed E-state index contributed by atoms with van der Waals surface area (Å²) in [4.78, 5) is 11.3. The van der Waals surface area contributed by atoms with Crippen molar-refractivity contribution in [3.63, 3.8) is 0 Å². The first-order chi connectivity index (χ1) is 8.70. The first-order valence-electron chi connectivity index (χ1n) is 5.65. The average Bonchev–Trinajstić information content (AvgIpc) is 2.66. The van der Waals surface area contributed by atoms with E-state index in [1.54, 1.807) is 13.8 Å². The molecule has 2 N–H and O–H groups in total. The van der Waals surface area contributed by atoms with Crippen LogP contribution in [0.5, 0.6) is 0 Å². The monoisotopic (exact) mass is 309 g/mol. The maximum Gasteiger partial charge on any atom is 0.324 e. The van der Waals surface area contributed by atoms with Crippen molar-refractivity contribution in [2.75, 3.05) is 0 Å². The summed E-state index contributed by atoms with van der Waals surface area (Å²) < 4.78 is 27.8. The second-order valence-electron chi connectivity index (χ2n) is 4.12. The highest BCUT2D eigenvalue weighted by Gasteiger charge is 2.40. The summed E-state index contributed by atoms with van der Waals surface area (Å²) >= 11 is 5.77. The normalized spacial score (nSPS) is 12.6. The van der Waals surface area contributed by atoms with Crippen molar-refractivity contribution in [1.82, 2.24) is 14.5 Å². The number of rotatable bonds is 6. The molecule has 1 aromatic heterocycles. The maximum atomic E-state index is 12.3. The molecule has 0 unspecified atom stereocenters. The lowest BCUT2D eigenvalue weighted by Crippen LogP contribution is -2.53. The minimum atomic E-state index is -4.07. The Kier molecular flexibility index (Phi) is 4.59. The molecule has 0 aliphatic heterocycles. The van der Waals surface area contributed by atoms with Crippen LogP contribution in [0.2, 0.25) is 5.02 Å². The van der Waals surface area contributed by atoms with Gasteiger partial charge in [0.15, 0.2) is 5.03 Å². The second-order valence-corrected chi connectivity index (χ2v) is 6.13. The molecule has 9 heteroatoms. The first-order valence-corrected chi connectivity index (χ1v) is 7.51. The van der Waals surface area contributed by atoms with Crippen LogP contribution in [0, 0.1) is 0 Å².